The highest BCUT2D eigenvalue weighted by molar-refractivity contribution is 6.07. The molecule has 2 aromatic rings. The average Bonchev–Trinajstić information content (AvgIpc) is 3.00. The summed E-state index contributed by atoms with van der Waals surface area (Å²) < 4.78 is 10.7. The number of rotatable bonds is 4. The zero-order valence-electron chi connectivity index (χ0n) is 9.26. The van der Waals surface area contributed by atoms with E-state index in [0.717, 1.165) is 18.6 Å². The Morgan fingerprint density at radius 3 is 2.53 bits per heavy atom. The van der Waals surface area contributed by atoms with Crippen molar-refractivity contribution in [3.63, 3.8) is 0 Å². The topological polar surface area (TPSA) is 39.4 Å². The Kier molecular flexibility index (Phi) is 2.44. The van der Waals surface area contributed by atoms with Gasteiger partial charge in [0.1, 0.15) is 5.75 Å². The molecule has 17 heavy (non-hydrogen) atoms. The van der Waals surface area contributed by atoms with Crippen molar-refractivity contribution < 1.29 is 13.9 Å². The van der Waals surface area contributed by atoms with Crippen LogP contribution in [0.1, 0.15) is 29.0 Å². The molecule has 0 spiro atoms. The lowest BCUT2D eigenvalue weighted by molar-refractivity contribution is 0.101. The highest BCUT2D eigenvalue weighted by Crippen LogP contribution is 2.27. The lowest BCUT2D eigenvalue weighted by atomic mass is 10.1. The van der Waals surface area contributed by atoms with Crippen molar-refractivity contribution in [2.45, 2.75) is 18.9 Å². The first kappa shape index (κ1) is 10.1. The Labute approximate surface area is 99.0 Å². The number of carbonyl (C=O) groups excluding carboxylic acids is 1. The SMILES string of the molecule is O=C(c1ccc(OC2CC2)cc1)c1ccco1. The third-order valence-corrected chi connectivity index (χ3v) is 2.69. The molecule has 1 saturated carbocycles. The second kappa shape index (κ2) is 4.09. The first-order valence-electron chi connectivity index (χ1n) is 5.68. The molecule has 1 aliphatic rings. The van der Waals surface area contributed by atoms with Crippen LogP contribution >= 0.6 is 0 Å². The Morgan fingerprint density at radius 1 is 1.18 bits per heavy atom. The van der Waals surface area contributed by atoms with E-state index < -0.39 is 0 Å². The zero-order chi connectivity index (χ0) is 11.7. The maximum atomic E-state index is 11.9. The number of benzene rings is 1. The number of hydrogen-bond acceptors (Lipinski definition) is 3. The molecule has 1 heterocycles. The van der Waals surface area contributed by atoms with E-state index in [1.807, 2.05) is 12.1 Å². The molecule has 0 unspecified atom stereocenters. The van der Waals surface area contributed by atoms with Gasteiger partial charge in [-0.2, -0.15) is 0 Å². The third kappa shape index (κ3) is 2.23. The van der Waals surface area contributed by atoms with Crippen LogP contribution in [-0.2, 0) is 0 Å². The van der Waals surface area contributed by atoms with E-state index in [0.29, 0.717) is 17.4 Å². The van der Waals surface area contributed by atoms with Gasteiger partial charge in [0.25, 0.3) is 0 Å². The molecule has 1 aliphatic carbocycles. The number of hydrogen-bond donors (Lipinski definition) is 0. The van der Waals surface area contributed by atoms with Crippen LogP contribution in [0.4, 0.5) is 0 Å². The number of carbonyl (C=O) groups is 1. The number of furan rings is 1. The molecular weight excluding hydrogens is 216 g/mol. The van der Waals surface area contributed by atoms with E-state index in [-0.39, 0.29) is 5.78 Å². The Morgan fingerprint density at radius 2 is 1.94 bits per heavy atom. The van der Waals surface area contributed by atoms with Gasteiger partial charge >= 0.3 is 0 Å². The van der Waals surface area contributed by atoms with Gasteiger partial charge in [-0.3, -0.25) is 4.79 Å². The summed E-state index contributed by atoms with van der Waals surface area (Å²) in [6.07, 6.45) is 4.14. The van der Waals surface area contributed by atoms with Gasteiger partial charge in [-0.25, -0.2) is 0 Å². The maximum absolute atomic E-state index is 11.9. The summed E-state index contributed by atoms with van der Waals surface area (Å²) in [6, 6.07) is 10.6. The van der Waals surface area contributed by atoms with Crippen molar-refractivity contribution in [1.29, 1.82) is 0 Å². The van der Waals surface area contributed by atoms with Crippen molar-refractivity contribution in [3.8, 4) is 5.75 Å². The monoisotopic (exact) mass is 228 g/mol. The van der Waals surface area contributed by atoms with Gasteiger partial charge in [0.05, 0.1) is 12.4 Å². The van der Waals surface area contributed by atoms with E-state index >= 15 is 0 Å². The minimum atomic E-state index is -0.104. The summed E-state index contributed by atoms with van der Waals surface area (Å²) >= 11 is 0. The summed E-state index contributed by atoms with van der Waals surface area (Å²) in [5.41, 5.74) is 0.614. The van der Waals surface area contributed by atoms with Crippen LogP contribution in [-0.4, -0.2) is 11.9 Å². The molecule has 0 atom stereocenters. The molecule has 1 aromatic carbocycles. The van der Waals surface area contributed by atoms with Crippen molar-refractivity contribution in [2.75, 3.05) is 0 Å². The Hall–Kier alpha value is -2.03. The quantitative estimate of drug-likeness (QED) is 0.755. The fourth-order valence-electron chi connectivity index (χ4n) is 1.61. The summed E-state index contributed by atoms with van der Waals surface area (Å²) in [5, 5.41) is 0. The van der Waals surface area contributed by atoms with Crippen LogP contribution in [0, 0.1) is 0 Å². The van der Waals surface area contributed by atoms with Gasteiger partial charge in [-0.15, -0.1) is 0 Å². The smallest absolute Gasteiger partial charge is 0.228 e. The lowest BCUT2D eigenvalue weighted by Gasteiger charge is -2.04. The molecule has 86 valence electrons. The molecule has 0 N–H and O–H groups in total. The van der Waals surface area contributed by atoms with Gasteiger partial charge in [-0.1, -0.05) is 0 Å². The van der Waals surface area contributed by atoms with Crippen molar-refractivity contribution in [3.05, 3.63) is 54.0 Å². The normalized spacial score (nSPS) is 14.6. The first-order chi connectivity index (χ1) is 8.33. The van der Waals surface area contributed by atoms with Gasteiger partial charge in [0.2, 0.25) is 5.78 Å². The van der Waals surface area contributed by atoms with E-state index in [1.165, 1.54) is 6.26 Å². The second-order valence-electron chi connectivity index (χ2n) is 4.15. The number of ether oxygens (including phenoxy) is 1. The summed E-state index contributed by atoms with van der Waals surface area (Å²) in [4.78, 5) is 11.9. The van der Waals surface area contributed by atoms with Gasteiger partial charge in [0.15, 0.2) is 5.76 Å². The molecular formula is C14H12O3. The Bertz CT molecular complexity index is 507. The molecule has 3 heteroatoms. The molecule has 0 saturated heterocycles. The van der Waals surface area contributed by atoms with Crippen molar-refractivity contribution in [2.24, 2.45) is 0 Å². The number of ketones is 1. The van der Waals surface area contributed by atoms with Crippen LogP contribution < -0.4 is 4.74 Å². The summed E-state index contributed by atoms with van der Waals surface area (Å²) in [6.45, 7) is 0. The fourth-order valence-corrected chi connectivity index (χ4v) is 1.61. The van der Waals surface area contributed by atoms with Crippen LogP contribution in [0.15, 0.2) is 47.1 Å². The van der Waals surface area contributed by atoms with Crippen LogP contribution in [0.25, 0.3) is 0 Å². The average molecular weight is 228 g/mol. The molecule has 0 bridgehead atoms. The van der Waals surface area contributed by atoms with Crippen LogP contribution in [0.2, 0.25) is 0 Å². The zero-order valence-corrected chi connectivity index (χ0v) is 9.26. The first-order valence-corrected chi connectivity index (χ1v) is 5.68. The minimum absolute atomic E-state index is 0.104. The van der Waals surface area contributed by atoms with Crippen LogP contribution in [0.3, 0.4) is 0 Å². The highest BCUT2D eigenvalue weighted by Gasteiger charge is 2.23. The van der Waals surface area contributed by atoms with Gasteiger partial charge < -0.3 is 9.15 Å². The molecule has 1 fully saturated rings. The van der Waals surface area contributed by atoms with E-state index in [9.17, 15) is 4.79 Å². The molecule has 3 rings (SSSR count). The standard InChI is InChI=1S/C14H12O3/c15-14(13-2-1-9-16-13)10-3-5-11(6-4-10)17-12-7-8-12/h1-6,9,12H,7-8H2. The molecule has 3 nitrogen and oxygen atoms in total. The molecule has 1 aromatic heterocycles. The van der Waals surface area contributed by atoms with Gasteiger partial charge in [-0.05, 0) is 49.2 Å². The van der Waals surface area contributed by atoms with Crippen molar-refractivity contribution in [1.82, 2.24) is 0 Å². The molecule has 0 aliphatic heterocycles. The summed E-state index contributed by atoms with van der Waals surface area (Å²) in [7, 11) is 0. The van der Waals surface area contributed by atoms with Crippen molar-refractivity contribution >= 4 is 5.78 Å². The fraction of sp³-hybridized carbons (Fsp3) is 0.214. The predicted octanol–water partition coefficient (Wildman–Crippen LogP) is 3.05. The Balaban J connectivity index is 1.77. The predicted molar refractivity (Wildman–Crippen MR) is 62.2 cm³/mol. The lowest BCUT2D eigenvalue weighted by Crippen LogP contribution is -2.00. The second-order valence-corrected chi connectivity index (χ2v) is 4.15. The highest BCUT2D eigenvalue weighted by atomic mass is 16.5. The van der Waals surface area contributed by atoms with E-state index in [4.69, 9.17) is 9.15 Å². The minimum Gasteiger partial charge on any atom is -0.490 e. The largest absolute Gasteiger partial charge is 0.490 e. The van der Waals surface area contributed by atoms with Crippen LogP contribution in [0.5, 0.6) is 5.75 Å². The summed E-state index contributed by atoms with van der Waals surface area (Å²) in [5.74, 6) is 1.08. The third-order valence-electron chi connectivity index (χ3n) is 2.69. The van der Waals surface area contributed by atoms with E-state index in [1.54, 1.807) is 24.3 Å². The van der Waals surface area contributed by atoms with E-state index in [2.05, 4.69) is 0 Å². The molecule has 0 radical (unpaired) electrons. The molecule has 0 amide bonds. The maximum Gasteiger partial charge on any atom is 0.228 e. The van der Waals surface area contributed by atoms with Gasteiger partial charge in [0, 0.05) is 5.56 Å².